The van der Waals surface area contributed by atoms with Crippen LogP contribution in [0.2, 0.25) is 0 Å². The lowest BCUT2D eigenvalue weighted by atomic mass is 10.2. The highest BCUT2D eigenvalue weighted by Gasteiger charge is 2.18. The van der Waals surface area contributed by atoms with Gasteiger partial charge in [-0.2, -0.15) is 0 Å². The first kappa shape index (κ1) is 13.5. The summed E-state index contributed by atoms with van der Waals surface area (Å²) in [5.41, 5.74) is -0.0820. The zero-order chi connectivity index (χ0) is 14.7. The molecule has 1 heterocycles. The number of hydrogen-bond donors (Lipinski definition) is 1. The summed E-state index contributed by atoms with van der Waals surface area (Å²) in [6.45, 7) is 0.00109. The van der Waals surface area contributed by atoms with Gasteiger partial charge < -0.3 is 9.84 Å². The Hall–Kier alpha value is -2.97. The zero-order valence-corrected chi connectivity index (χ0v) is 10.4. The van der Waals surface area contributed by atoms with E-state index in [1.807, 2.05) is 0 Å². The summed E-state index contributed by atoms with van der Waals surface area (Å²) in [5, 5.41) is 27.2. The molecule has 2 aromatic rings. The fraction of sp³-hybridized carbons (Fsp3) is 0.182. The standard InChI is InChI=1S/C11H10N4O5/c1-14-5-8(12-13-14)6-20-10-3-2-7(11(16)17)4-9(10)15(18)19/h2-5H,6H2,1H3,(H,16,17). The van der Waals surface area contributed by atoms with Crippen LogP contribution in [-0.2, 0) is 13.7 Å². The van der Waals surface area contributed by atoms with Crippen LogP contribution in [0.3, 0.4) is 0 Å². The molecular formula is C11H10N4O5. The number of benzene rings is 1. The Labute approximate surface area is 112 Å². The number of carboxylic acid groups (broad SMARTS) is 1. The lowest BCUT2D eigenvalue weighted by Gasteiger charge is -2.05. The van der Waals surface area contributed by atoms with Gasteiger partial charge in [-0.25, -0.2) is 4.79 Å². The van der Waals surface area contributed by atoms with E-state index < -0.39 is 16.6 Å². The Balaban J connectivity index is 2.22. The first-order chi connectivity index (χ1) is 9.47. The molecule has 9 heteroatoms. The van der Waals surface area contributed by atoms with Crippen molar-refractivity contribution in [2.24, 2.45) is 7.05 Å². The Morgan fingerprint density at radius 2 is 2.30 bits per heavy atom. The quantitative estimate of drug-likeness (QED) is 0.639. The molecule has 0 amide bonds. The number of aromatic nitrogens is 3. The molecule has 0 atom stereocenters. The molecule has 1 N–H and O–H groups in total. The van der Waals surface area contributed by atoms with E-state index in [9.17, 15) is 14.9 Å². The molecule has 0 unspecified atom stereocenters. The third-order valence-corrected chi connectivity index (χ3v) is 2.43. The van der Waals surface area contributed by atoms with Crippen LogP contribution in [0.15, 0.2) is 24.4 Å². The van der Waals surface area contributed by atoms with Crippen molar-refractivity contribution in [1.82, 2.24) is 15.0 Å². The number of aryl methyl sites for hydroxylation is 1. The number of ether oxygens (including phenoxy) is 1. The van der Waals surface area contributed by atoms with Crippen LogP contribution >= 0.6 is 0 Å². The van der Waals surface area contributed by atoms with E-state index in [0.717, 1.165) is 6.07 Å². The summed E-state index contributed by atoms with van der Waals surface area (Å²) in [7, 11) is 1.68. The molecule has 0 aliphatic carbocycles. The van der Waals surface area contributed by atoms with Crippen molar-refractivity contribution in [1.29, 1.82) is 0 Å². The smallest absolute Gasteiger partial charge is 0.335 e. The van der Waals surface area contributed by atoms with Crippen LogP contribution in [0.1, 0.15) is 16.1 Å². The SMILES string of the molecule is Cn1cc(COc2ccc(C(=O)O)cc2[N+](=O)[O-])nn1. The van der Waals surface area contributed by atoms with Gasteiger partial charge in [-0.05, 0) is 12.1 Å². The van der Waals surface area contributed by atoms with Crippen LogP contribution in [-0.4, -0.2) is 31.0 Å². The maximum atomic E-state index is 10.9. The topological polar surface area (TPSA) is 120 Å². The van der Waals surface area contributed by atoms with Crippen LogP contribution in [0, 0.1) is 10.1 Å². The Bertz CT molecular complexity index is 667. The molecule has 0 bridgehead atoms. The fourth-order valence-electron chi connectivity index (χ4n) is 1.53. The van der Waals surface area contributed by atoms with Gasteiger partial charge >= 0.3 is 11.7 Å². The third kappa shape index (κ3) is 2.88. The summed E-state index contributed by atoms with van der Waals surface area (Å²) in [6, 6.07) is 3.44. The molecule has 0 spiro atoms. The molecule has 0 aliphatic rings. The summed E-state index contributed by atoms with van der Waals surface area (Å²) in [6.07, 6.45) is 1.61. The van der Waals surface area contributed by atoms with Gasteiger partial charge in [0.1, 0.15) is 12.3 Å². The lowest BCUT2D eigenvalue weighted by molar-refractivity contribution is -0.386. The van der Waals surface area contributed by atoms with Gasteiger partial charge in [0.2, 0.25) is 0 Å². The van der Waals surface area contributed by atoms with Crippen molar-refractivity contribution >= 4 is 11.7 Å². The minimum absolute atomic E-state index is 0.00109. The Morgan fingerprint density at radius 3 is 2.85 bits per heavy atom. The number of nitro benzene ring substituents is 1. The maximum absolute atomic E-state index is 10.9. The van der Waals surface area contributed by atoms with Crippen molar-refractivity contribution < 1.29 is 19.6 Å². The number of rotatable bonds is 5. The second-order valence-corrected chi connectivity index (χ2v) is 3.92. The van der Waals surface area contributed by atoms with E-state index in [1.54, 1.807) is 13.2 Å². The van der Waals surface area contributed by atoms with Gasteiger partial charge in [-0.1, -0.05) is 5.21 Å². The molecule has 20 heavy (non-hydrogen) atoms. The maximum Gasteiger partial charge on any atom is 0.335 e. The average molecular weight is 278 g/mol. The second-order valence-electron chi connectivity index (χ2n) is 3.92. The van der Waals surface area contributed by atoms with Crippen molar-refractivity contribution in [3.63, 3.8) is 0 Å². The van der Waals surface area contributed by atoms with E-state index in [-0.39, 0.29) is 17.9 Å². The largest absolute Gasteiger partial charge is 0.480 e. The van der Waals surface area contributed by atoms with Crippen molar-refractivity contribution in [3.05, 3.63) is 45.8 Å². The number of nitro groups is 1. The van der Waals surface area contributed by atoms with E-state index in [0.29, 0.717) is 5.69 Å². The highest BCUT2D eigenvalue weighted by molar-refractivity contribution is 5.88. The predicted molar refractivity (Wildman–Crippen MR) is 65.4 cm³/mol. The molecule has 0 saturated heterocycles. The third-order valence-electron chi connectivity index (χ3n) is 2.43. The number of carbonyl (C=O) groups is 1. The minimum atomic E-state index is -1.24. The van der Waals surface area contributed by atoms with Crippen LogP contribution in [0.4, 0.5) is 5.69 Å². The number of aromatic carboxylic acids is 1. The van der Waals surface area contributed by atoms with Gasteiger partial charge in [0.25, 0.3) is 0 Å². The zero-order valence-electron chi connectivity index (χ0n) is 10.4. The van der Waals surface area contributed by atoms with Gasteiger partial charge in [-0.15, -0.1) is 5.10 Å². The molecule has 0 saturated carbocycles. The highest BCUT2D eigenvalue weighted by Crippen LogP contribution is 2.28. The first-order valence-electron chi connectivity index (χ1n) is 5.47. The van der Waals surface area contributed by atoms with Crippen molar-refractivity contribution in [2.45, 2.75) is 6.61 Å². The molecule has 1 aromatic carbocycles. The van der Waals surface area contributed by atoms with Crippen LogP contribution in [0.25, 0.3) is 0 Å². The summed E-state index contributed by atoms with van der Waals surface area (Å²) < 4.78 is 6.75. The molecular weight excluding hydrogens is 268 g/mol. The van der Waals surface area contributed by atoms with E-state index >= 15 is 0 Å². The Kier molecular flexibility index (Phi) is 3.60. The normalized spacial score (nSPS) is 10.2. The summed E-state index contributed by atoms with van der Waals surface area (Å²) >= 11 is 0. The van der Waals surface area contributed by atoms with Crippen molar-refractivity contribution in [3.8, 4) is 5.75 Å². The van der Waals surface area contributed by atoms with E-state index in [4.69, 9.17) is 9.84 Å². The highest BCUT2D eigenvalue weighted by atomic mass is 16.6. The van der Waals surface area contributed by atoms with Crippen LogP contribution in [0.5, 0.6) is 5.75 Å². The van der Waals surface area contributed by atoms with Crippen molar-refractivity contribution in [2.75, 3.05) is 0 Å². The summed E-state index contributed by atoms with van der Waals surface area (Å²) in [4.78, 5) is 21.0. The molecule has 9 nitrogen and oxygen atoms in total. The average Bonchev–Trinajstić information content (AvgIpc) is 2.81. The predicted octanol–water partition coefficient (Wildman–Crippen LogP) is 1.00. The Morgan fingerprint density at radius 1 is 1.55 bits per heavy atom. The van der Waals surface area contributed by atoms with E-state index in [1.165, 1.54) is 16.8 Å². The summed E-state index contributed by atoms with van der Waals surface area (Å²) in [5.74, 6) is -1.26. The number of carboxylic acids is 1. The lowest BCUT2D eigenvalue weighted by Crippen LogP contribution is -2.02. The molecule has 104 valence electrons. The molecule has 0 aliphatic heterocycles. The minimum Gasteiger partial charge on any atom is -0.480 e. The van der Waals surface area contributed by atoms with Gasteiger partial charge in [0.05, 0.1) is 16.7 Å². The second kappa shape index (κ2) is 5.34. The number of nitrogens with zero attached hydrogens (tertiary/aromatic N) is 4. The number of hydrogen-bond acceptors (Lipinski definition) is 6. The molecule has 0 radical (unpaired) electrons. The van der Waals surface area contributed by atoms with E-state index in [2.05, 4.69) is 10.3 Å². The van der Waals surface area contributed by atoms with Gasteiger partial charge in [0.15, 0.2) is 5.75 Å². The van der Waals surface area contributed by atoms with Gasteiger partial charge in [0, 0.05) is 13.1 Å². The molecule has 0 fully saturated rings. The first-order valence-corrected chi connectivity index (χ1v) is 5.47. The van der Waals surface area contributed by atoms with Crippen LogP contribution < -0.4 is 4.74 Å². The fourth-order valence-corrected chi connectivity index (χ4v) is 1.53. The molecule has 1 aromatic heterocycles. The van der Waals surface area contributed by atoms with Gasteiger partial charge in [-0.3, -0.25) is 14.8 Å². The molecule has 2 rings (SSSR count). The monoisotopic (exact) mass is 278 g/mol.